The number of ether oxygens (including phenoxy) is 1. The van der Waals surface area contributed by atoms with Crippen molar-refractivity contribution >= 4 is 41.5 Å². The molecule has 0 fully saturated rings. The Labute approximate surface area is 203 Å². The highest BCUT2D eigenvalue weighted by atomic mass is 31.2. The summed E-state index contributed by atoms with van der Waals surface area (Å²) < 4.78 is 32.1. The van der Waals surface area contributed by atoms with Crippen LogP contribution in [0.15, 0.2) is 60.9 Å². The minimum Gasteiger partial charge on any atom is -0.462 e. The van der Waals surface area contributed by atoms with Gasteiger partial charge in [0, 0.05) is 11.9 Å². The molecule has 0 aliphatic carbocycles. The van der Waals surface area contributed by atoms with E-state index in [-0.39, 0.29) is 12.7 Å². The van der Waals surface area contributed by atoms with Gasteiger partial charge >= 0.3 is 13.7 Å². The zero-order valence-electron chi connectivity index (χ0n) is 19.7. The highest BCUT2D eigenvalue weighted by molar-refractivity contribution is 7.52. The number of aromatic nitrogens is 3. The zero-order valence-corrected chi connectivity index (χ0v) is 20.6. The summed E-state index contributed by atoms with van der Waals surface area (Å²) in [4.78, 5) is 21.1. The van der Waals surface area contributed by atoms with E-state index in [2.05, 4.69) is 15.1 Å². The maximum absolute atomic E-state index is 13.6. The molecule has 2 atom stereocenters. The SMILES string of the molecule is CC(C)OC(=O)[C@H](C)N[P@@](=O)(OCCn1cnc2c(N)nc3ccccc3c21)Oc1ccccc1. The van der Waals surface area contributed by atoms with Crippen LogP contribution in [0.4, 0.5) is 5.82 Å². The molecule has 4 rings (SSSR count). The van der Waals surface area contributed by atoms with Gasteiger partial charge in [0.25, 0.3) is 0 Å². The summed E-state index contributed by atoms with van der Waals surface area (Å²) >= 11 is 0. The molecule has 4 aromatic rings. The molecule has 0 bridgehead atoms. The Hall–Kier alpha value is -3.46. The first-order valence-corrected chi connectivity index (χ1v) is 12.8. The second kappa shape index (κ2) is 10.4. The van der Waals surface area contributed by atoms with Crippen molar-refractivity contribution < 1.29 is 23.1 Å². The van der Waals surface area contributed by atoms with Gasteiger partial charge in [-0.1, -0.05) is 36.4 Å². The number of pyridine rings is 1. The second-order valence-electron chi connectivity index (χ2n) is 8.22. The van der Waals surface area contributed by atoms with Gasteiger partial charge in [-0.15, -0.1) is 0 Å². The number of esters is 1. The zero-order chi connectivity index (χ0) is 25.0. The average molecular weight is 497 g/mol. The maximum atomic E-state index is 13.6. The van der Waals surface area contributed by atoms with E-state index in [4.69, 9.17) is 19.5 Å². The van der Waals surface area contributed by atoms with E-state index in [1.807, 2.05) is 34.9 Å². The third-order valence-electron chi connectivity index (χ3n) is 5.10. The van der Waals surface area contributed by atoms with Crippen LogP contribution in [0, 0.1) is 0 Å². The Morgan fingerprint density at radius 2 is 1.83 bits per heavy atom. The fourth-order valence-electron chi connectivity index (χ4n) is 3.57. The molecule has 0 saturated carbocycles. The summed E-state index contributed by atoms with van der Waals surface area (Å²) in [5.74, 6) is 0.108. The molecule has 2 heterocycles. The van der Waals surface area contributed by atoms with Crippen LogP contribution in [0.1, 0.15) is 20.8 Å². The van der Waals surface area contributed by atoms with Crippen molar-refractivity contribution in [3.8, 4) is 5.75 Å². The van der Waals surface area contributed by atoms with Crippen LogP contribution in [0.25, 0.3) is 21.9 Å². The lowest BCUT2D eigenvalue weighted by molar-refractivity contribution is -0.149. The van der Waals surface area contributed by atoms with E-state index in [9.17, 15) is 9.36 Å². The normalized spacial score (nSPS) is 14.2. The lowest BCUT2D eigenvalue weighted by Gasteiger charge is -2.23. The van der Waals surface area contributed by atoms with E-state index in [0.717, 1.165) is 16.4 Å². The highest BCUT2D eigenvalue weighted by Gasteiger charge is 2.32. The minimum absolute atomic E-state index is 0.00503. The number of nitrogens with zero attached hydrogens (tertiary/aromatic N) is 3. The summed E-state index contributed by atoms with van der Waals surface area (Å²) in [6.07, 6.45) is 1.32. The fraction of sp³-hybridized carbons (Fsp3) is 0.292. The molecule has 0 saturated heterocycles. The number of nitrogens with two attached hydrogens (primary N) is 1. The quantitative estimate of drug-likeness (QED) is 0.243. The Kier molecular flexibility index (Phi) is 7.35. The third-order valence-corrected chi connectivity index (χ3v) is 6.78. The van der Waals surface area contributed by atoms with Crippen molar-refractivity contribution in [1.29, 1.82) is 0 Å². The molecule has 0 radical (unpaired) electrons. The standard InChI is InChI=1S/C24H28N5O5P/c1-16(2)33-24(30)17(3)28-35(31,34-18-9-5-4-6-10-18)32-14-13-29-15-26-21-22(29)19-11-7-8-12-20(19)27-23(21)25/h4-12,15-17H,13-14H2,1-3H3,(H2,25,27)(H,28,31)/t17-,35+/m0/s1. The van der Waals surface area contributed by atoms with E-state index < -0.39 is 19.8 Å². The number of hydrogen-bond donors (Lipinski definition) is 2. The Morgan fingerprint density at radius 3 is 2.57 bits per heavy atom. The van der Waals surface area contributed by atoms with E-state index in [1.165, 1.54) is 0 Å². The molecule has 0 aliphatic rings. The summed E-state index contributed by atoms with van der Waals surface area (Å²) in [6.45, 7) is 5.33. The first-order valence-electron chi connectivity index (χ1n) is 11.2. The number of nitrogen functional groups attached to an aromatic ring is 1. The molecular weight excluding hydrogens is 469 g/mol. The summed E-state index contributed by atoms with van der Waals surface area (Å²) in [5.41, 5.74) is 8.23. The van der Waals surface area contributed by atoms with Gasteiger partial charge in [-0.2, -0.15) is 5.09 Å². The predicted octanol–water partition coefficient (Wildman–Crippen LogP) is 4.30. The average Bonchev–Trinajstić information content (AvgIpc) is 3.24. The number of benzene rings is 2. The number of fused-ring (bicyclic) bond motifs is 3. The van der Waals surface area contributed by atoms with Crippen LogP contribution < -0.4 is 15.3 Å². The third kappa shape index (κ3) is 5.79. The number of carbonyl (C=O) groups is 1. The van der Waals surface area contributed by atoms with Gasteiger partial charge in [-0.25, -0.2) is 14.5 Å². The Morgan fingerprint density at radius 1 is 1.11 bits per heavy atom. The minimum atomic E-state index is -3.95. The van der Waals surface area contributed by atoms with Gasteiger partial charge in [0.05, 0.1) is 30.1 Å². The number of imidazole rings is 1. The van der Waals surface area contributed by atoms with Crippen molar-refractivity contribution in [1.82, 2.24) is 19.6 Å². The van der Waals surface area contributed by atoms with E-state index in [1.54, 1.807) is 51.4 Å². The first-order chi connectivity index (χ1) is 16.8. The maximum Gasteiger partial charge on any atom is 0.459 e. The van der Waals surface area contributed by atoms with Crippen LogP contribution in [-0.2, 0) is 25.2 Å². The van der Waals surface area contributed by atoms with E-state index >= 15 is 0 Å². The number of anilines is 1. The van der Waals surface area contributed by atoms with Gasteiger partial charge in [0.1, 0.15) is 17.3 Å². The summed E-state index contributed by atoms with van der Waals surface area (Å²) in [5, 5.41) is 3.57. The topological polar surface area (TPSA) is 131 Å². The molecule has 10 nitrogen and oxygen atoms in total. The molecule has 0 aliphatic heterocycles. The molecule has 0 spiro atoms. The molecule has 35 heavy (non-hydrogen) atoms. The number of hydrogen-bond acceptors (Lipinski definition) is 8. The van der Waals surface area contributed by atoms with Gasteiger partial charge < -0.3 is 19.6 Å². The monoisotopic (exact) mass is 497 g/mol. The molecule has 3 N–H and O–H groups in total. The van der Waals surface area contributed by atoms with Gasteiger partial charge in [-0.05, 0) is 39.0 Å². The number of para-hydroxylation sites is 2. The van der Waals surface area contributed by atoms with Crippen LogP contribution in [0.2, 0.25) is 0 Å². The van der Waals surface area contributed by atoms with Gasteiger partial charge in [0.15, 0.2) is 5.82 Å². The summed E-state index contributed by atoms with van der Waals surface area (Å²) in [7, 11) is -3.95. The lowest BCUT2D eigenvalue weighted by atomic mass is 10.2. The predicted molar refractivity (Wildman–Crippen MR) is 134 cm³/mol. The molecule has 184 valence electrons. The fourth-order valence-corrected chi connectivity index (χ4v) is 5.05. The van der Waals surface area contributed by atoms with Crippen molar-refractivity contribution in [2.75, 3.05) is 12.3 Å². The van der Waals surface area contributed by atoms with Crippen LogP contribution in [-0.4, -0.2) is 39.3 Å². The van der Waals surface area contributed by atoms with Crippen molar-refractivity contribution in [2.45, 2.75) is 39.5 Å². The van der Waals surface area contributed by atoms with Crippen LogP contribution in [0.3, 0.4) is 0 Å². The molecule has 2 aromatic heterocycles. The molecule has 2 aromatic carbocycles. The number of nitrogens with one attached hydrogen (secondary N) is 1. The summed E-state index contributed by atoms with van der Waals surface area (Å²) in [6, 6.07) is 15.3. The Balaban J connectivity index is 1.54. The van der Waals surface area contributed by atoms with Crippen molar-refractivity contribution in [3.05, 3.63) is 60.9 Å². The second-order valence-corrected chi connectivity index (χ2v) is 9.91. The Bertz CT molecular complexity index is 1380. The van der Waals surface area contributed by atoms with Crippen molar-refractivity contribution in [3.63, 3.8) is 0 Å². The van der Waals surface area contributed by atoms with Crippen molar-refractivity contribution in [2.24, 2.45) is 0 Å². The smallest absolute Gasteiger partial charge is 0.459 e. The lowest BCUT2D eigenvalue weighted by Crippen LogP contribution is -2.36. The number of rotatable bonds is 10. The molecule has 0 unspecified atom stereocenters. The number of carbonyl (C=O) groups excluding carboxylic acids is 1. The first kappa shape index (κ1) is 24.7. The van der Waals surface area contributed by atoms with Gasteiger partial charge in [-0.3, -0.25) is 9.32 Å². The van der Waals surface area contributed by atoms with E-state index in [0.29, 0.717) is 23.6 Å². The van der Waals surface area contributed by atoms with Gasteiger partial charge in [0.2, 0.25) is 0 Å². The van der Waals surface area contributed by atoms with Crippen LogP contribution in [0.5, 0.6) is 5.75 Å². The highest BCUT2D eigenvalue weighted by Crippen LogP contribution is 2.45. The molecule has 0 amide bonds. The molecule has 11 heteroatoms. The largest absolute Gasteiger partial charge is 0.462 e. The van der Waals surface area contributed by atoms with Crippen LogP contribution >= 0.6 is 7.75 Å². The molecular formula is C24H28N5O5P.